The lowest BCUT2D eigenvalue weighted by molar-refractivity contribution is -0.138. The Morgan fingerprint density at radius 3 is 2.19 bits per heavy atom. The number of benzene rings is 2. The summed E-state index contributed by atoms with van der Waals surface area (Å²) in [5.41, 5.74) is 4.70. The Balaban J connectivity index is 2.01. The van der Waals surface area contributed by atoms with Crippen molar-refractivity contribution in [2.45, 2.75) is 31.3 Å². The Morgan fingerprint density at radius 2 is 1.59 bits per heavy atom. The summed E-state index contributed by atoms with van der Waals surface area (Å²) in [6, 6.07) is 10.2. The van der Waals surface area contributed by atoms with Crippen molar-refractivity contribution in [1.29, 1.82) is 0 Å². The first-order valence-electron chi connectivity index (χ1n) is 9.44. The van der Waals surface area contributed by atoms with Crippen LogP contribution in [0.5, 0.6) is 0 Å². The third-order valence-electron chi connectivity index (χ3n) is 4.41. The molecule has 2 atom stereocenters. The standard InChI is InChI=1S/C21H22F3N3O5/c22-21(23,24)15-9-5-4-8-14(15)10-16(18(25)29)26-19(30)17(11-28)27-20(31)32-12-13-6-2-1-3-7-13/h1-9,16-17,28H,10-12H2,(H2,25,29)(H,26,30)(H,27,31)/t16-,17+/m1/s1. The van der Waals surface area contributed by atoms with Crippen LogP contribution in [-0.2, 0) is 33.5 Å². The highest BCUT2D eigenvalue weighted by atomic mass is 19.4. The van der Waals surface area contributed by atoms with Crippen LogP contribution >= 0.6 is 0 Å². The topological polar surface area (TPSA) is 131 Å². The van der Waals surface area contributed by atoms with Gasteiger partial charge in [0.25, 0.3) is 0 Å². The highest BCUT2D eigenvalue weighted by Gasteiger charge is 2.34. The quantitative estimate of drug-likeness (QED) is 0.457. The molecule has 0 heterocycles. The highest BCUT2D eigenvalue weighted by Crippen LogP contribution is 2.32. The van der Waals surface area contributed by atoms with E-state index in [1.165, 1.54) is 12.1 Å². The maximum absolute atomic E-state index is 13.2. The zero-order chi connectivity index (χ0) is 23.7. The molecule has 0 spiro atoms. The number of aliphatic hydroxyl groups is 1. The summed E-state index contributed by atoms with van der Waals surface area (Å²) in [6.45, 7) is -0.943. The van der Waals surface area contributed by atoms with Crippen molar-refractivity contribution in [2.75, 3.05) is 6.61 Å². The van der Waals surface area contributed by atoms with Crippen molar-refractivity contribution in [3.8, 4) is 0 Å². The summed E-state index contributed by atoms with van der Waals surface area (Å²) < 4.78 is 44.5. The van der Waals surface area contributed by atoms with E-state index < -0.39 is 54.8 Å². The smallest absolute Gasteiger partial charge is 0.416 e. The van der Waals surface area contributed by atoms with Crippen LogP contribution in [-0.4, -0.2) is 41.7 Å². The number of halogens is 3. The number of carbonyl (C=O) groups excluding carboxylic acids is 3. The number of rotatable bonds is 9. The molecule has 2 aromatic rings. The van der Waals surface area contributed by atoms with E-state index in [1.54, 1.807) is 30.3 Å². The molecule has 8 nitrogen and oxygen atoms in total. The summed E-state index contributed by atoms with van der Waals surface area (Å²) in [4.78, 5) is 36.1. The van der Waals surface area contributed by atoms with Crippen LogP contribution in [0, 0.1) is 0 Å². The second-order valence-corrected chi connectivity index (χ2v) is 6.76. The average molecular weight is 453 g/mol. The molecular weight excluding hydrogens is 431 g/mol. The van der Waals surface area contributed by atoms with E-state index in [-0.39, 0.29) is 12.2 Å². The molecule has 0 bridgehead atoms. The number of carbonyl (C=O) groups is 3. The van der Waals surface area contributed by atoms with Crippen molar-refractivity contribution < 1.29 is 37.4 Å². The predicted octanol–water partition coefficient (Wildman–Crippen LogP) is 1.51. The van der Waals surface area contributed by atoms with Gasteiger partial charge in [0.1, 0.15) is 18.7 Å². The van der Waals surface area contributed by atoms with Gasteiger partial charge in [-0.1, -0.05) is 48.5 Å². The number of aliphatic hydroxyl groups excluding tert-OH is 1. The molecular formula is C21H22F3N3O5. The Labute approximate surface area is 181 Å². The second kappa shape index (κ2) is 11.1. The minimum Gasteiger partial charge on any atom is -0.445 e. The van der Waals surface area contributed by atoms with Crippen LogP contribution in [0.25, 0.3) is 0 Å². The van der Waals surface area contributed by atoms with Crippen LogP contribution in [0.1, 0.15) is 16.7 Å². The van der Waals surface area contributed by atoms with Crippen molar-refractivity contribution in [3.63, 3.8) is 0 Å². The van der Waals surface area contributed by atoms with Crippen LogP contribution in [0.3, 0.4) is 0 Å². The molecule has 0 saturated carbocycles. The maximum atomic E-state index is 13.2. The van der Waals surface area contributed by atoms with Gasteiger partial charge in [0.2, 0.25) is 11.8 Å². The highest BCUT2D eigenvalue weighted by molar-refractivity contribution is 5.91. The van der Waals surface area contributed by atoms with Crippen LogP contribution < -0.4 is 16.4 Å². The Morgan fingerprint density at radius 1 is 0.969 bits per heavy atom. The van der Waals surface area contributed by atoms with Crippen LogP contribution in [0.4, 0.5) is 18.0 Å². The monoisotopic (exact) mass is 453 g/mol. The SMILES string of the molecule is NC(=O)[C@@H](Cc1ccccc1C(F)(F)F)NC(=O)[C@H](CO)NC(=O)OCc1ccccc1. The number of amides is 3. The number of hydrogen-bond acceptors (Lipinski definition) is 5. The van der Waals surface area contributed by atoms with E-state index >= 15 is 0 Å². The zero-order valence-corrected chi connectivity index (χ0v) is 16.8. The van der Waals surface area contributed by atoms with E-state index in [2.05, 4.69) is 10.6 Å². The lowest BCUT2D eigenvalue weighted by Gasteiger charge is -2.22. The van der Waals surface area contributed by atoms with Crippen molar-refractivity contribution in [1.82, 2.24) is 10.6 Å². The first-order chi connectivity index (χ1) is 15.1. The molecule has 0 unspecified atom stereocenters. The first kappa shape index (κ1) is 24.7. The third kappa shape index (κ3) is 7.27. The van der Waals surface area contributed by atoms with E-state index in [0.29, 0.717) is 5.56 Å². The summed E-state index contributed by atoms with van der Waals surface area (Å²) in [5.74, 6) is -2.10. The number of alkyl halides is 3. The molecule has 0 aliphatic carbocycles. The lowest BCUT2D eigenvalue weighted by Crippen LogP contribution is -2.55. The maximum Gasteiger partial charge on any atom is 0.416 e. The van der Waals surface area contributed by atoms with E-state index in [1.807, 2.05) is 0 Å². The van der Waals surface area contributed by atoms with Gasteiger partial charge in [-0.15, -0.1) is 0 Å². The zero-order valence-electron chi connectivity index (χ0n) is 16.8. The minimum absolute atomic E-state index is 0.0927. The number of nitrogens with two attached hydrogens (primary N) is 1. The minimum atomic E-state index is -4.67. The summed E-state index contributed by atoms with van der Waals surface area (Å²) in [6.07, 6.45) is -6.21. The molecule has 0 fully saturated rings. The normalized spacial score (nSPS) is 13.0. The molecule has 3 amide bonds. The summed E-state index contributed by atoms with van der Waals surface area (Å²) in [5, 5.41) is 13.7. The summed E-state index contributed by atoms with van der Waals surface area (Å²) in [7, 11) is 0. The molecule has 11 heteroatoms. The average Bonchev–Trinajstić information content (AvgIpc) is 2.75. The Kier molecular flexibility index (Phi) is 8.59. The van der Waals surface area contributed by atoms with Crippen LogP contribution in [0.2, 0.25) is 0 Å². The molecule has 2 rings (SSSR count). The van der Waals surface area contributed by atoms with Crippen molar-refractivity contribution in [3.05, 3.63) is 71.3 Å². The van der Waals surface area contributed by atoms with E-state index in [4.69, 9.17) is 10.5 Å². The van der Waals surface area contributed by atoms with Gasteiger partial charge in [0.15, 0.2) is 0 Å². The fraction of sp³-hybridized carbons (Fsp3) is 0.286. The fourth-order valence-corrected chi connectivity index (χ4v) is 2.79. The van der Waals surface area contributed by atoms with Gasteiger partial charge in [0.05, 0.1) is 12.2 Å². The molecule has 0 saturated heterocycles. The molecule has 5 N–H and O–H groups in total. The van der Waals surface area contributed by atoms with Gasteiger partial charge in [0, 0.05) is 6.42 Å². The predicted molar refractivity (Wildman–Crippen MR) is 107 cm³/mol. The number of alkyl carbamates (subject to hydrolysis) is 1. The second-order valence-electron chi connectivity index (χ2n) is 6.76. The van der Waals surface area contributed by atoms with Gasteiger partial charge < -0.3 is 26.2 Å². The van der Waals surface area contributed by atoms with Crippen molar-refractivity contribution in [2.24, 2.45) is 5.73 Å². The van der Waals surface area contributed by atoms with E-state index in [9.17, 15) is 32.7 Å². The van der Waals surface area contributed by atoms with Gasteiger partial charge in [-0.25, -0.2) is 4.79 Å². The fourth-order valence-electron chi connectivity index (χ4n) is 2.79. The molecule has 0 aromatic heterocycles. The largest absolute Gasteiger partial charge is 0.445 e. The molecule has 172 valence electrons. The summed E-state index contributed by atoms with van der Waals surface area (Å²) >= 11 is 0. The molecule has 0 aliphatic heterocycles. The lowest BCUT2D eigenvalue weighted by atomic mass is 9.99. The van der Waals surface area contributed by atoms with Gasteiger partial charge in [-0.2, -0.15) is 13.2 Å². The number of nitrogens with one attached hydrogen (secondary N) is 2. The Bertz CT molecular complexity index is 938. The Hall–Kier alpha value is -3.60. The number of hydrogen-bond donors (Lipinski definition) is 4. The van der Waals surface area contributed by atoms with Gasteiger partial charge in [-0.05, 0) is 17.2 Å². The third-order valence-corrected chi connectivity index (χ3v) is 4.41. The first-order valence-corrected chi connectivity index (χ1v) is 9.44. The van der Waals surface area contributed by atoms with Gasteiger partial charge in [-0.3, -0.25) is 9.59 Å². The molecule has 2 aromatic carbocycles. The van der Waals surface area contributed by atoms with Gasteiger partial charge >= 0.3 is 12.3 Å². The van der Waals surface area contributed by atoms with E-state index in [0.717, 1.165) is 12.1 Å². The molecule has 0 aliphatic rings. The van der Waals surface area contributed by atoms with Crippen LogP contribution in [0.15, 0.2) is 54.6 Å². The number of ether oxygens (including phenoxy) is 1. The molecule has 0 radical (unpaired) electrons. The van der Waals surface area contributed by atoms with Crippen molar-refractivity contribution >= 4 is 17.9 Å². The number of primary amides is 1. The molecule has 32 heavy (non-hydrogen) atoms.